The van der Waals surface area contributed by atoms with E-state index < -0.39 is 0 Å². The molecule has 1 aliphatic carbocycles. The van der Waals surface area contributed by atoms with E-state index in [1.807, 2.05) is 6.92 Å². The van der Waals surface area contributed by atoms with E-state index >= 15 is 0 Å². The number of carbonyl (C=O) groups excluding carboxylic acids is 1. The number of hydrogen-bond acceptors (Lipinski definition) is 6. The summed E-state index contributed by atoms with van der Waals surface area (Å²) < 4.78 is 3.06. The molecule has 3 aromatic rings. The molecular weight excluding hydrogens is 382 g/mol. The fraction of sp³-hybridized carbons (Fsp3) is 0.333. The largest absolute Gasteiger partial charge is 0.373 e. The highest BCUT2D eigenvalue weighted by Gasteiger charge is 2.26. The molecule has 0 saturated heterocycles. The molecule has 0 atom stereocenters. The molecule has 3 heterocycles. The number of carbonyl (C=O) groups is 1. The minimum absolute atomic E-state index is 0.208. The number of nitrogens with one attached hydrogen (secondary N) is 3. The summed E-state index contributed by atoms with van der Waals surface area (Å²) in [5.74, 6) is 0.816. The molecule has 0 aliphatic heterocycles. The van der Waals surface area contributed by atoms with Gasteiger partial charge in [-0.3, -0.25) is 9.59 Å². The molecule has 1 fully saturated rings. The van der Waals surface area contributed by atoms with Crippen LogP contribution in [0.15, 0.2) is 29.3 Å². The van der Waals surface area contributed by atoms with Gasteiger partial charge in [-0.15, -0.1) is 0 Å². The third-order valence-corrected chi connectivity index (χ3v) is 4.75. The maximum Gasteiger partial charge on any atom is 0.274 e. The van der Waals surface area contributed by atoms with E-state index in [0.717, 1.165) is 12.8 Å². The van der Waals surface area contributed by atoms with Gasteiger partial charge >= 0.3 is 0 Å². The number of aryl methyl sites for hydroxylation is 1. The van der Waals surface area contributed by atoms with Gasteiger partial charge in [0.15, 0.2) is 5.65 Å². The molecule has 1 aliphatic rings. The van der Waals surface area contributed by atoms with Crippen LogP contribution in [-0.4, -0.2) is 38.2 Å². The summed E-state index contributed by atoms with van der Waals surface area (Å²) in [5, 5.41) is 13.7. The number of rotatable bonds is 6. The van der Waals surface area contributed by atoms with Crippen LogP contribution in [0.4, 0.5) is 17.3 Å². The van der Waals surface area contributed by atoms with E-state index in [1.54, 1.807) is 29.9 Å². The highest BCUT2D eigenvalue weighted by molar-refractivity contribution is 6.30. The molecule has 3 aromatic heterocycles. The number of hydrogen-bond donors (Lipinski definition) is 3. The highest BCUT2D eigenvalue weighted by Crippen LogP contribution is 2.23. The van der Waals surface area contributed by atoms with Gasteiger partial charge in [0.05, 0.1) is 11.2 Å². The van der Waals surface area contributed by atoms with Crippen LogP contribution in [0.5, 0.6) is 0 Å². The quantitative estimate of drug-likeness (QED) is 0.585. The Balaban J connectivity index is 1.76. The van der Waals surface area contributed by atoms with Crippen molar-refractivity contribution in [3.05, 3.63) is 45.5 Å². The first-order valence-electron chi connectivity index (χ1n) is 9.04. The molecule has 0 aromatic carbocycles. The topological polar surface area (TPSA) is 105 Å². The van der Waals surface area contributed by atoms with E-state index in [2.05, 4.69) is 26.0 Å². The molecule has 1 saturated carbocycles. The maximum atomic E-state index is 12.5. The molecule has 4 rings (SSSR count). The zero-order valence-corrected chi connectivity index (χ0v) is 16.2. The van der Waals surface area contributed by atoms with E-state index in [1.165, 1.54) is 10.8 Å². The van der Waals surface area contributed by atoms with Crippen LogP contribution in [0.3, 0.4) is 0 Å². The lowest BCUT2D eigenvalue weighted by Crippen LogP contribution is -2.25. The van der Waals surface area contributed by atoms with Crippen LogP contribution in [0.1, 0.15) is 30.1 Å². The third-order valence-electron chi connectivity index (χ3n) is 4.54. The Morgan fingerprint density at radius 2 is 2.14 bits per heavy atom. The molecule has 28 heavy (non-hydrogen) atoms. The minimum atomic E-state index is -0.209. The van der Waals surface area contributed by atoms with Crippen LogP contribution in [0.2, 0.25) is 5.02 Å². The zero-order valence-electron chi connectivity index (χ0n) is 15.5. The summed E-state index contributed by atoms with van der Waals surface area (Å²) in [7, 11) is 1.74. The fourth-order valence-electron chi connectivity index (χ4n) is 2.92. The Kier molecular flexibility index (Phi) is 4.68. The average molecular weight is 402 g/mol. The Labute approximate surface area is 165 Å². The van der Waals surface area contributed by atoms with Crippen molar-refractivity contribution in [3.63, 3.8) is 0 Å². The first kappa shape index (κ1) is 18.3. The summed E-state index contributed by atoms with van der Waals surface area (Å²) in [5.41, 5.74) is 0.867. The summed E-state index contributed by atoms with van der Waals surface area (Å²) in [6.45, 7) is 2.36. The SMILES string of the molecule is CCn1cc(Cl)cc(Nc2cc(NC)n3ncc(C(=O)NC4CC4)c3n2)c1=O. The Bertz CT molecular complexity index is 1120. The number of nitrogens with zero attached hydrogens (tertiary/aromatic N) is 4. The van der Waals surface area contributed by atoms with Crippen LogP contribution >= 0.6 is 11.6 Å². The predicted octanol–water partition coefficient (Wildman–Crippen LogP) is 2.24. The second-order valence-electron chi connectivity index (χ2n) is 6.61. The van der Waals surface area contributed by atoms with Gasteiger partial charge in [0, 0.05) is 31.9 Å². The average Bonchev–Trinajstić information content (AvgIpc) is 3.39. The number of amides is 1. The molecule has 9 nitrogen and oxygen atoms in total. The van der Waals surface area contributed by atoms with Crippen LogP contribution in [0.25, 0.3) is 5.65 Å². The Hall–Kier alpha value is -3.07. The maximum absolute atomic E-state index is 12.5. The number of pyridine rings is 1. The van der Waals surface area contributed by atoms with Gasteiger partial charge in [0.2, 0.25) is 0 Å². The minimum Gasteiger partial charge on any atom is -0.373 e. The van der Waals surface area contributed by atoms with Gasteiger partial charge in [0.25, 0.3) is 11.5 Å². The molecular formula is C18H20ClN7O2. The van der Waals surface area contributed by atoms with Gasteiger partial charge in [-0.2, -0.15) is 9.61 Å². The summed E-state index contributed by atoms with van der Waals surface area (Å²) in [6.07, 6.45) is 5.06. The molecule has 3 N–H and O–H groups in total. The summed E-state index contributed by atoms with van der Waals surface area (Å²) >= 11 is 6.12. The molecule has 0 spiro atoms. The lowest BCUT2D eigenvalue weighted by molar-refractivity contribution is 0.0952. The van der Waals surface area contributed by atoms with E-state index in [4.69, 9.17) is 11.6 Å². The van der Waals surface area contributed by atoms with Crippen molar-refractivity contribution in [2.45, 2.75) is 32.4 Å². The highest BCUT2D eigenvalue weighted by atomic mass is 35.5. The number of halogens is 1. The van der Waals surface area contributed by atoms with Crippen molar-refractivity contribution in [1.82, 2.24) is 24.5 Å². The van der Waals surface area contributed by atoms with Gasteiger partial charge in [0.1, 0.15) is 22.9 Å². The second kappa shape index (κ2) is 7.16. The standard InChI is InChI=1S/C18H20ClN7O2/c1-3-25-9-10(19)6-13(18(25)28)23-14-7-15(20-2)26-16(24-14)12(8-21-26)17(27)22-11-4-5-11/h6-9,11,20H,3-5H2,1-2H3,(H,22,27)(H,23,24). The number of fused-ring (bicyclic) bond motifs is 1. The van der Waals surface area contributed by atoms with Crippen molar-refractivity contribution < 1.29 is 4.79 Å². The Morgan fingerprint density at radius 1 is 1.36 bits per heavy atom. The van der Waals surface area contributed by atoms with Gasteiger partial charge in [-0.25, -0.2) is 4.98 Å². The normalized spacial score (nSPS) is 13.5. The molecule has 1 amide bonds. The monoisotopic (exact) mass is 401 g/mol. The van der Waals surface area contributed by atoms with Gasteiger partial charge in [-0.1, -0.05) is 11.6 Å². The molecule has 0 unspecified atom stereocenters. The smallest absolute Gasteiger partial charge is 0.274 e. The van der Waals surface area contributed by atoms with Gasteiger partial charge < -0.3 is 20.5 Å². The van der Waals surface area contributed by atoms with Crippen molar-refractivity contribution in [2.24, 2.45) is 0 Å². The summed E-state index contributed by atoms with van der Waals surface area (Å²) in [4.78, 5) is 29.6. The summed E-state index contributed by atoms with van der Waals surface area (Å²) in [6, 6.07) is 3.49. The third kappa shape index (κ3) is 3.40. The first-order valence-corrected chi connectivity index (χ1v) is 9.42. The van der Waals surface area contributed by atoms with E-state index in [9.17, 15) is 9.59 Å². The molecule has 0 radical (unpaired) electrons. The second-order valence-corrected chi connectivity index (χ2v) is 7.04. The Morgan fingerprint density at radius 3 is 2.82 bits per heavy atom. The van der Waals surface area contributed by atoms with Crippen molar-refractivity contribution in [1.29, 1.82) is 0 Å². The van der Waals surface area contributed by atoms with Crippen LogP contribution < -0.4 is 21.5 Å². The number of anilines is 3. The van der Waals surface area contributed by atoms with Crippen LogP contribution in [0, 0.1) is 0 Å². The van der Waals surface area contributed by atoms with Crippen molar-refractivity contribution in [2.75, 3.05) is 17.7 Å². The predicted molar refractivity (Wildman–Crippen MR) is 108 cm³/mol. The lowest BCUT2D eigenvalue weighted by atomic mass is 10.3. The first-order chi connectivity index (χ1) is 13.5. The number of aromatic nitrogens is 4. The molecule has 146 valence electrons. The molecule has 10 heteroatoms. The van der Waals surface area contributed by atoms with Crippen molar-refractivity contribution >= 4 is 40.5 Å². The van der Waals surface area contributed by atoms with Crippen LogP contribution in [-0.2, 0) is 6.54 Å². The lowest BCUT2D eigenvalue weighted by Gasteiger charge is -2.11. The molecule has 0 bridgehead atoms. The van der Waals surface area contributed by atoms with E-state index in [0.29, 0.717) is 40.1 Å². The van der Waals surface area contributed by atoms with E-state index in [-0.39, 0.29) is 17.5 Å². The fourth-order valence-corrected chi connectivity index (χ4v) is 3.14. The van der Waals surface area contributed by atoms with Crippen molar-refractivity contribution in [3.8, 4) is 0 Å². The zero-order chi connectivity index (χ0) is 19.8. The van der Waals surface area contributed by atoms with Gasteiger partial charge in [-0.05, 0) is 25.8 Å².